The number of amides is 1. The van der Waals surface area contributed by atoms with Gasteiger partial charge in [0.1, 0.15) is 0 Å². The van der Waals surface area contributed by atoms with Crippen molar-refractivity contribution in [2.75, 3.05) is 11.9 Å². The van der Waals surface area contributed by atoms with Crippen molar-refractivity contribution in [1.29, 1.82) is 0 Å². The van der Waals surface area contributed by atoms with Crippen LogP contribution in [-0.4, -0.2) is 23.5 Å². The molecule has 0 saturated heterocycles. The number of anilines is 1. The average Bonchev–Trinajstić information content (AvgIpc) is 3.26. The third kappa shape index (κ3) is 5.13. The highest BCUT2D eigenvalue weighted by atomic mass is 19.4. The SMILES string of the molecule is O=C(O)CCNC(=O)c1ccc2c(c1)[C@@H]1C=CC[C@@H]1[C@@H](c1cc(C(F)(F)F)cc(C(F)(F)F)c1)N2. The molecule has 1 heterocycles. The molecule has 0 aromatic heterocycles. The van der Waals surface area contributed by atoms with Crippen molar-refractivity contribution in [3.63, 3.8) is 0 Å². The summed E-state index contributed by atoms with van der Waals surface area (Å²) in [5, 5.41) is 14.3. The molecule has 35 heavy (non-hydrogen) atoms. The molecule has 2 aromatic rings. The minimum absolute atomic E-state index is 0.0609. The van der Waals surface area contributed by atoms with Gasteiger partial charge in [0.05, 0.1) is 23.6 Å². The number of allylic oxidation sites excluding steroid dienone is 2. The lowest BCUT2D eigenvalue weighted by molar-refractivity contribution is -0.143. The van der Waals surface area contributed by atoms with Gasteiger partial charge in [0.2, 0.25) is 0 Å². The standard InChI is InChI=1S/C24H20F6N2O3/c25-23(26,27)14-8-13(9-15(11-14)24(28,29)30)21-17-3-1-2-16(17)18-10-12(4-5-19(18)32-21)22(35)31-7-6-20(33)34/h1-2,4-5,8-11,16-17,21,32H,3,6-7H2,(H,31,35)(H,33,34)/t16-,17+,21-/m1/s1. The van der Waals surface area contributed by atoms with Gasteiger partial charge in [-0.3, -0.25) is 9.59 Å². The van der Waals surface area contributed by atoms with Crippen LogP contribution in [0.3, 0.4) is 0 Å². The fourth-order valence-electron chi connectivity index (χ4n) is 4.61. The van der Waals surface area contributed by atoms with Crippen LogP contribution in [0.15, 0.2) is 48.6 Å². The van der Waals surface area contributed by atoms with Gasteiger partial charge >= 0.3 is 18.3 Å². The van der Waals surface area contributed by atoms with Crippen LogP contribution in [0.4, 0.5) is 32.0 Å². The summed E-state index contributed by atoms with van der Waals surface area (Å²) in [6, 6.07) is 5.41. The number of carbonyl (C=O) groups excluding carboxylic acids is 1. The van der Waals surface area contributed by atoms with Crippen molar-refractivity contribution >= 4 is 17.6 Å². The van der Waals surface area contributed by atoms with Gasteiger partial charge in [-0.2, -0.15) is 26.3 Å². The van der Waals surface area contributed by atoms with E-state index in [1.54, 1.807) is 12.1 Å². The topological polar surface area (TPSA) is 78.4 Å². The first-order chi connectivity index (χ1) is 16.3. The Labute approximate surface area is 195 Å². The van der Waals surface area contributed by atoms with Crippen LogP contribution in [0.25, 0.3) is 0 Å². The predicted molar refractivity (Wildman–Crippen MR) is 114 cm³/mol. The first-order valence-corrected chi connectivity index (χ1v) is 10.7. The van der Waals surface area contributed by atoms with Crippen LogP contribution < -0.4 is 10.6 Å². The molecule has 2 aromatic carbocycles. The third-order valence-electron chi connectivity index (χ3n) is 6.22. The van der Waals surface area contributed by atoms with E-state index in [1.165, 1.54) is 6.07 Å². The van der Waals surface area contributed by atoms with Crippen molar-refractivity contribution in [1.82, 2.24) is 5.32 Å². The van der Waals surface area contributed by atoms with E-state index in [-0.39, 0.29) is 42.0 Å². The number of carboxylic acid groups (broad SMARTS) is 1. The molecule has 0 unspecified atom stereocenters. The van der Waals surface area contributed by atoms with Gasteiger partial charge in [0.25, 0.3) is 5.91 Å². The van der Waals surface area contributed by atoms with Crippen molar-refractivity contribution in [3.05, 3.63) is 76.4 Å². The lowest BCUT2D eigenvalue weighted by Crippen LogP contribution is -2.30. The van der Waals surface area contributed by atoms with E-state index in [0.29, 0.717) is 17.7 Å². The number of alkyl halides is 6. The quantitative estimate of drug-likeness (QED) is 0.362. The fraction of sp³-hybridized carbons (Fsp3) is 0.333. The maximum atomic E-state index is 13.4. The van der Waals surface area contributed by atoms with E-state index in [0.717, 1.165) is 12.1 Å². The molecule has 2 aliphatic rings. The summed E-state index contributed by atoms with van der Waals surface area (Å²) in [4.78, 5) is 23.0. The zero-order valence-corrected chi connectivity index (χ0v) is 18.0. The van der Waals surface area contributed by atoms with Gasteiger partial charge in [-0.05, 0) is 59.9 Å². The Kier molecular flexibility index (Phi) is 6.29. The first kappa shape index (κ1) is 24.6. The average molecular weight is 498 g/mol. The number of halogens is 6. The zero-order chi connectivity index (χ0) is 25.5. The Morgan fingerprint density at radius 2 is 1.66 bits per heavy atom. The molecule has 1 aliphatic heterocycles. The van der Waals surface area contributed by atoms with Crippen molar-refractivity contribution in [3.8, 4) is 0 Å². The van der Waals surface area contributed by atoms with Crippen LogP contribution in [-0.2, 0) is 17.1 Å². The zero-order valence-electron chi connectivity index (χ0n) is 18.0. The number of benzene rings is 2. The minimum atomic E-state index is -4.95. The third-order valence-corrected chi connectivity index (χ3v) is 6.22. The fourth-order valence-corrected chi connectivity index (χ4v) is 4.61. The Balaban J connectivity index is 1.69. The lowest BCUT2D eigenvalue weighted by atomic mass is 9.76. The summed E-state index contributed by atoms with van der Waals surface area (Å²) < 4.78 is 80.4. The van der Waals surface area contributed by atoms with E-state index >= 15 is 0 Å². The Morgan fingerprint density at radius 1 is 1.00 bits per heavy atom. The maximum absolute atomic E-state index is 13.4. The number of rotatable bonds is 5. The molecule has 0 saturated carbocycles. The van der Waals surface area contributed by atoms with Crippen molar-refractivity contribution in [2.45, 2.75) is 37.2 Å². The molecule has 3 N–H and O–H groups in total. The van der Waals surface area contributed by atoms with Gasteiger partial charge < -0.3 is 15.7 Å². The summed E-state index contributed by atoms with van der Waals surface area (Å²) in [7, 11) is 0. The van der Waals surface area contributed by atoms with Gasteiger partial charge in [0, 0.05) is 23.7 Å². The van der Waals surface area contributed by atoms with E-state index in [4.69, 9.17) is 5.11 Å². The summed E-state index contributed by atoms with van der Waals surface area (Å²) >= 11 is 0. The van der Waals surface area contributed by atoms with Crippen LogP contribution in [0.5, 0.6) is 0 Å². The van der Waals surface area contributed by atoms with Crippen molar-refractivity contribution in [2.24, 2.45) is 5.92 Å². The minimum Gasteiger partial charge on any atom is -0.481 e. The molecule has 11 heteroatoms. The van der Waals surface area contributed by atoms with E-state index in [1.807, 2.05) is 12.2 Å². The molecule has 1 aliphatic carbocycles. The summed E-state index contributed by atoms with van der Waals surface area (Å²) in [6.45, 7) is -0.0609. The first-order valence-electron chi connectivity index (χ1n) is 10.7. The molecule has 186 valence electrons. The highest BCUT2D eigenvalue weighted by Crippen LogP contribution is 2.51. The van der Waals surface area contributed by atoms with Gasteiger partial charge in [-0.25, -0.2) is 0 Å². The molecule has 0 radical (unpaired) electrons. The van der Waals surface area contributed by atoms with E-state index in [9.17, 15) is 35.9 Å². The number of carbonyl (C=O) groups is 2. The molecule has 0 fully saturated rings. The van der Waals surface area contributed by atoms with Crippen LogP contribution in [0.1, 0.15) is 57.4 Å². The van der Waals surface area contributed by atoms with Crippen molar-refractivity contribution < 1.29 is 41.0 Å². The molecule has 5 nitrogen and oxygen atoms in total. The Hall–Kier alpha value is -3.50. The van der Waals surface area contributed by atoms with E-state index < -0.39 is 41.4 Å². The largest absolute Gasteiger partial charge is 0.481 e. The summed E-state index contributed by atoms with van der Waals surface area (Å²) in [5.41, 5.74) is -1.40. The second-order valence-corrected chi connectivity index (χ2v) is 8.52. The number of hydrogen-bond donors (Lipinski definition) is 3. The summed E-state index contributed by atoms with van der Waals surface area (Å²) in [5.74, 6) is -2.24. The highest BCUT2D eigenvalue weighted by molar-refractivity contribution is 5.95. The van der Waals surface area contributed by atoms with Gasteiger partial charge in [-0.15, -0.1) is 0 Å². The smallest absolute Gasteiger partial charge is 0.416 e. The second-order valence-electron chi connectivity index (χ2n) is 8.52. The molecule has 4 rings (SSSR count). The Morgan fingerprint density at radius 3 is 2.26 bits per heavy atom. The van der Waals surface area contributed by atoms with Gasteiger partial charge in [0.15, 0.2) is 0 Å². The number of fused-ring (bicyclic) bond motifs is 3. The Bertz CT molecular complexity index is 1160. The lowest BCUT2D eigenvalue weighted by Gasteiger charge is -2.38. The van der Waals surface area contributed by atoms with Crippen LogP contribution >= 0.6 is 0 Å². The molecule has 0 spiro atoms. The number of carboxylic acids is 1. The second kappa shape index (κ2) is 8.94. The van der Waals surface area contributed by atoms with E-state index in [2.05, 4.69) is 10.6 Å². The maximum Gasteiger partial charge on any atom is 0.416 e. The molecular weight excluding hydrogens is 478 g/mol. The molecular formula is C24H20F6N2O3. The van der Waals surface area contributed by atoms with Crippen LogP contribution in [0.2, 0.25) is 0 Å². The van der Waals surface area contributed by atoms with Crippen LogP contribution in [0, 0.1) is 5.92 Å². The molecule has 3 atom stereocenters. The summed E-state index contributed by atoms with van der Waals surface area (Å²) in [6.07, 6.45) is -6.06. The number of aliphatic carboxylic acids is 1. The number of hydrogen-bond acceptors (Lipinski definition) is 3. The number of nitrogens with one attached hydrogen (secondary N) is 2. The highest BCUT2D eigenvalue weighted by Gasteiger charge is 2.42. The normalized spacial score (nSPS) is 21.1. The predicted octanol–water partition coefficient (Wildman–Crippen LogP) is 5.76. The molecule has 1 amide bonds. The van der Waals surface area contributed by atoms with Gasteiger partial charge in [-0.1, -0.05) is 12.2 Å². The molecule has 0 bridgehead atoms. The monoisotopic (exact) mass is 498 g/mol.